The predicted octanol–water partition coefficient (Wildman–Crippen LogP) is 7.06. The maximum Gasteiger partial charge on any atom is 0.273 e. The van der Waals surface area contributed by atoms with Gasteiger partial charge in [-0.15, -0.1) is 0 Å². The first-order valence-electron chi connectivity index (χ1n) is 12.6. The molecule has 1 amide bonds. The van der Waals surface area contributed by atoms with Crippen LogP contribution in [0.3, 0.4) is 0 Å². The highest BCUT2D eigenvalue weighted by Crippen LogP contribution is 2.45. The Morgan fingerprint density at radius 2 is 1.84 bits per heavy atom. The monoisotopic (exact) mass is 515 g/mol. The molecule has 7 heteroatoms. The number of phenolic OH excluding ortho intramolecular Hbond substituents is 1. The molecule has 2 N–H and O–H groups in total. The Labute approximate surface area is 221 Å². The Hall–Kier alpha value is -3.77. The minimum atomic E-state index is -0.337. The van der Waals surface area contributed by atoms with E-state index in [4.69, 9.17) is 16.3 Å². The minimum Gasteiger partial charge on any atom is -0.507 e. The molecule has 0 saturated heterocycles. The second-order valence-electron chi connectivity index (χ2n) is 9.43. The molecule has 0 saturated carbocycles. The Morgan fingerprint density at radius 3 is 2.57 bits per heavy atom. The number of hydrogen-bond acceptors (Lipinski definition) is 4. The van der Waals surface area contributed by atoms with Crippen molar-refractivity contribution in [2.45, 2.75) is 45.8 Å². The molecule has 2 heterocycles. The highest BCUT2D eigenvalue weighted by Gasteiger charge is 2.42. The van der Waals surface area contributed by atoms with Crippen molar-refractivity contribution in [3.05, 3.63) is 99.7 Å². The molecule has 1 atom stereocenters. The molecule has 1 unspecified atom stereocenters. The van der Waals surface area contributed by atoms with Gasteiger partial charge < -0.3 is 14.7 Å². The summed E-state index contributed by atoms with van der Waals surface area (Å²) in [6.45, 7) is 5.09. The third kappa shape index (κ3) is 4.94. The van der Waals surface area contributed by atoms with Crippen molar-refractivity contribution in [2.75, 3.05) is 6.54 Å². The number of unbranched alkanes of at least 4 members (excludes halogenated alkanes) is 2. The van der Waals surface area contributed by atoms with Gasteiger partial charge in [-0.05, 0) is 54.3 Å². The summed E-state index contributed by atoms with van der Waals surface area (Å²) in [7, 11) is 0. The largest absolute Gasteiger partial charge is 0.507 e. The summed E-state index contributed by atoms with van der Waals surface area (Å²) in [4.78, 5) is 15.4. The number of halogens is 1. The average Bonchev–Trinajstić information content (AvgIpc) is 3.45. The lowest BCUT2D eigenvalue weighted by Crippen LogP contribution is -2.30. The lowest BCUT2D eigenvalue weighted by atomic mass is 9.95. The Balaban J connectivity index is 1.50. The second kappa shape index (κ2) is 10.7. The van der Waals surface area contributed by atoms with Crippen molar-refractivity contribution in [1.82, 2.24) is 15.1 Å². The minimum absolute atomic E-state index is 0.0801. The van der Waals surface area contributed by atoms with E-state index in [1.165, 1.54) is 0 Å². The highest BCUT2D eigenvalue weighted by molar-refractivity contribution is 6.31. The van der Waals surface area contributed by atoms with Gasteiger partial charge >= 0.3 is 0 Å². The summed E-state index contributed by atoms with van der Waals surface area (Å²) in [5.74, 6) is 0.749. The SMILES string of the molecule is CCCCCN1C(=O)c2[nH]nc(-c3cc(Cl)c(C)cc3O)c2C1c1ccc(OCc2ccccc2)cc1. The molecule has 1 aromatic heterocycles. The van der Waals surface area contributed by atoms with Gasteiger partial charge in [0.1, 0.15) is 29.5 Å². The molecule has 0 spiro atoms. The molecule has 0 bridgehead atoms. The van der Waals surface area contributed by atoms with Crippen LogP contribution in [0.25, 0.3) is 11.3 Å². The van der Waals surface area contributed by atoms with E-state index in [0.29, 0.717) is 35.1 Å². The molecule has 4 aromatic rings. The number of aryl methyl sites for hydroxylation is 1. The van der Waals surface area contributed by atoms with Gasteiger partial charge in [0.25, 0.3) is 5.91 Å². The Bertz CT molecular complexity index is 1400. The van der Waals surface area contributed by atoms with E-state index in [2.05, 4.69) is 17.1 Å². The topological polar surface area (TPSA) is 78.5 Å². The number of fused-ring (bicyclic) bond motifs is 1. The summed E-state index contributed by atoms with van der Waals surface area (Å²) in [5, 5.41) is 18.7. The number of ether oxygens (including phenoxy) is 1. The number of H-pyrrole nitrogens is 1. The van der Waals surface area contributed by atoms with Crippen molar-refractivity contribution in [1.29, 1.82) is 0 Å². The molecular formula is C30H30ClN3O3. The van der Waals surface area contributed by atoms with Crippen molar-refractivity contribution in [3.63, 3.8) is 0 Å². The molecule has 1 aliphatic heterocycles. The molecule has 5 rings (SSSR count). The third-order valence-corrected chi connectivity index (χ3v) is 7.25. The molecule has 1 aliphatic rings. The number of amides is 1. The van der Waals surface area contributed by atoms with E-state index in [0.717, 1.165) is 47.3 Å². The van der Waals surface area contributed by atoms with E-state index in [-0.39, 0.29) is 17.7 Å². The molecule has 0 radical (unpaired) electrons. The predicted molar refractivity (Wildman–Crippen MR) is 145 cm³/mol. The summed E-state index contributed by atoms with van der Waals surface area (Å²) < 4.78 is 5.98. The van der Waals surface area contributed by atoms with Crippen molar-refractivity contribution in [3.8, 4) is 22.8 Å². The number of rotatable bonds is 9. The zero-order valence-electron chi connectivity index (χ0n) is 21.0. The fourth-order valence-corrected chi connectivity index (χ4v) is 5.02. The maximum absolute atomic E-state index is 13.5. The average molecular weight is 516 g/mol. The number of nitrogens with zero attached hydrogens (tertiary/aromatic N) is 2. The Morgan fingerprint density at radius 1 is 1.08 bits per heavy atom. The van der Waals surface area contributed by atoms with Crippen molar-refractivity contribution < 1.29 is 14.6 Å². The number of hydrogen-bond donors (Lipinski definition) is 2. The quantitative estimate of drug-likeness (QED) is 0.234. The van der Waals surface area contributed by atoms with Gasteiger partial charge in [-0.2, -0.15) is 5.10 Å². The molecular weight excluding hydrogens is 486 g/mol. The molecule has 0 aliphatic carbocycles. The van der Waals surface area contributed by atoms with Crippen LogP contribution in [0.15, 0.2) is 66.7 Å². The molecule has 190 valence electrons. The maximum atomic E-state index is 13.5. The van der Waals surface area contributed by atoms with E-state index < -0.39 is 0 Å². The van der Waals surface area contributed by atoms with Crippen LogP contribution in [0.5, 0.6) is 11.5 Å². The number of nitrogens with one attached hydrogen (secondary N) is 1. The summed E-state index contributed by atoms with van der Waals surface area (Å²) in [6.07, 6.45) is 3.01. The van der Waals surface area contributed by atoms with Crippen molar-refractivity contribution in [2.24, 2.45) is 0 Å². The first-order chi connectivity index (χ1) is 18.0. The fourth-order valence-electron chi connectivity index (χ4n) is 4.85. The van der Waals surface area contributed by atoms with Gasteiger partial charge in [-0.25, -0.2) is 0 Å². The zero-order valence-corrected chi connectivity index (χ0v) is 21.8. The smallest absolute Gasteiger partial charge is 0.273 e. The number of phenols is 1. The van der Waals surface area contributed by atoms with Gasteiger partial charge in [0, 0.05) is 22.7 Å². The first-order valence-corrected chi connectivity index (χ1v) is 13.0. The van der Waals surface area contributed by atoms with Crippen LogP contribution in [0.4, 0.5) is 0 Å². The molecule has 6 nitrogen and oxygen atoms in total. The fraction of sp³-hybridized carbons (Fsp3) is 0.267. The number of aromatic hydroxyl groups is 1. The lowest BCUT2D eigenvalue weighted by molar-refractivity contribution is 0.0740. The van der Waals surface area contributed by atoms with Crippen LogP contribution >= 0.6 is 11.6 Å². The van der Waals surface area contributed by atoms with Gasteiger partial charge in [0.15, 0.2) is 0 Å². The number of carbonyl (C=O) groups is 1. The standard InChI is InChI=1S/C30H30ClN3O3/c1-3-4-8-15-34-29(21-11-13-22(14-12-21)37-18-20-9-6-5-7-10-20)26-27(32-33-28(26)30(34)36)23-17-24(31)19(2)16-25(23)35/h5-7,9-14,16-17,29,35H,3-4,8,15,18H2,1-2H3,(H,32,33). The normalized spacial score (nSPS) is 14.7. The number of carbonyl (C=O) groups excluding carboxylic acids is 1. The van der Waals surface area contributed by atoms with Crippen LogP contribution in [0.2, 0.25) is 5.02 Å². The number of aromatic nitrogens is 2. The van der Waals surface area contributed by atoms with E-state index >= 15 is 0 Å². The van der Waals surface area contributed by atoms with Crippen LogP contribution < -0.4 is 4.74 Å². The van der Waals surface area contributed by atoms with E-state index in [1.807, 2.05) is 66.4 Å². The van der Waals surface area contributed by atoms with Gasteiger partial charge in [-0.3, -0.25) is 9.89 Å². The van der Waals surface area contributed by atoms with Gasteiger partial charge in [0.05, 0.1) is 6.04 Å². The molecule has 0 fully saturated rings. The summed E-state index contributed by atoms with van der Waals surface area (Å²) in [5.41, 5.74) is 5.08. The van der Waals surface area contributed by atoms with Crippen LogP contribution in [0, 0.1) is 6.92 Å². The summed E-state index contributed by atoms with van der Waals surface area (Å²) >= 11 is 6.40. The molecule has 3 aromatic carbocycles. The lowest BCUT2D eigenvalue weighted by Gasteiger charge is -2.26. The third-order valence-electron chi connectivity index (χ3n) is 6.84. The summed E-state index contributed by atoms with van der Waals surface area (Å²) in [6, 6.07) is 20.9. The second-order valence-corrected chi connectivity index (χ2v) is 9.84. The van der Waals surface area contributed by atoms with Gasteiger partial charge in [-0.1, -0.05) is 73.8 Å². The number of aromatic amines is 1. The Kier molecular flexibility index (Phi) is 7.19. The van der Waals surface area contributed by atoms with Crippen LogP contribution in [-0.2, 0) is 6.61 Å². The first kappa shape index (κ1) is 24.9. The van der Waals surface area contributed by atoms with Crippen LogP contribution in [-0.4, -0.2) is 32.7 Å². The van der Waals surface area contributed by atoms with Crippen LogP contribution in [0.1, 0.15) is 65.0 Å². The van der Waals surface area contributed by atoms with E-state index in [1.54, 1.807) is 12.1 Å². The molecule has 37 heavy (non-hydrogen) atoms. The zero-order chi connectivity index (χ0) is 25.9. The van der Waals surface area contributed by atoms with E-state index in [9.17, 15) is 9.90 Å². The highest BCUT2D eigenvalue weighted by atomic mass is 35.5. The van der Waals surface area contributed by atoms with Gasteiger partial charge in [0.2, 0.25) is 0 Å². The van der Waals surface area contributed by atoms with Crippen molar-refractivity contribution >= 4 is 17.5 Å². The number of benzene rings is 3.